The Bertz CT molecular complexity index is 411. The molecule has 0 bridgehead atoms. The summed E-state index contributed by atoms with van der Waals surface area (Å²) in [5.74, 6) is 1.33. The number of hydrogen-bond acceptors (Lipinski definition) is 3. The number of piperidine rings is 1. The molecule has 1 aliphatic heterocycles. The lowest BCUT2D eigenvalue weighted by Gasteiger charge is -2.33. The number of nitrogens with zero attached hydrogens (tertiary/aromatic N) is 2. The molecule has 1 amide bonds. The summed E-state index contributed by atoms with van der Waals surface area (Å²) in [6.07, 6.45) is 5.65. The third kappa shape index (κ3) is 4.60. The van der Waals surface area contributed by atoms with Crippen LogP contribution >= 0.6 is 0 Å². The zero-order chi connectivity index (χ0) is 14.4. The zero-order valence-corrected chi connectivity index (χ0v) is 12.5. The summed E-state index contributed by atoms with van der Waals surface area (Å²) in [4.78, 5) is 18.4. The minimum atomic E-state index is -0.0114. The molecule has 2 heterocycles. The molecule has 1 aromatic heterocycles. The second-order valence-corrected chi connectivity index (χ2v) is 6.09. The van der Waals surface area contributed by atoms with Gasteiger partial charge in [0.05, 0.1) is 5.56 Å². The molecule has 0 spiro atoms. The van der Waals surface area contributed by atoms with Gasteiger partial charge in [0, 0.05) is 25.5 Å². The minimum Gasteiger partial charge on any atom is -0.352 e. The van der Waals surface area contributed by atoms with E-state index in [0.29, 0.717) is 11.5 Å². The van der Waals surface area contributed by atoms with Crippen LogP contribution in [0.1, 0.15) is 37.0 Å². The van der Waals surface area contributed by atoms with Crippen molar-refractivity contribution in [2.75, 3.05) is 26.2 Å². The van der Waals surface area contributed by atoms with Gasteiger partial charge in [0.15, 0.2) is 0 Å². The van der Waals surface area contributed by atoms with Gasteiger partial charge in [-0.3, -0.25) is 9.78 Å². The van der Waals surface area contributed by atoms with Gasteiger partial charge in [-0.15, -0.1) is 0 Å². The molecule has 1 aliphatic rings. The van der Waals surface area contributed by atoms with Crippen LogP contribution < -0.4 is 5.32 Å². The van der Waals surface area contributed by atoms with Crippen LogP contribution in [0, 0.1) is 11.8 Å². The molecular weight excluding hydrogens is 250 g/mol. The second-order valence-electron chi connectivity index (χ2n) is 6.09. The molecule has 1 aromatic rings. The number of likely N-dealkylation sites (tertiary alicyclic amines) is 1. The molecule has 4 nitrogen and oxygen atoms in total. The lowest BCUT2D eigenvalue weighted by molar-refractivity contribution is 0.0934. The van der Waals surface area contributed by atoms with Crippen molar-refractivity contribution in [3.05, 3.63) is 30.1 Å². The van der Waals surface area contributed by atoms with Crippen LogP contribution in [-0.4, -0.2) is 42.0 Å². The molecule has 1 N–H and O–H groups in total. The van der Waals surface area contributed by atoms with E-state index in [1.54, 1.807) is 24.5 Å². The Morgan fingerprint density at radius 2 is 2.20 bits per heavy atom. The first-order chi connectivity index (χ1) is 9.65. The lowest BCUT2D eigenvalue weighted by atomic mass is 9.96. The summed E-state index contributed by atoms with van der Waals surface area (Å²) in [5.41, 5.74) is 0.643. The standard InChI is InChI=1S/C16H25N3O/c1-13(2)12-19-8-5-14(6-9-19)10-18-16(20)15-4-3-7-17-11-15/h3-4,7,11,13-14H,5-6,8-10,12H2,1-2H3,(H,18,20). The molecule has 110 valence electrons. The van der Waals surface area contributed by atoms with Gasteiger partial charge in [0.25, 0.3) is 5.91 Å². The molecule has 1 fully saturated rings. The number of rotatable bonds is 5. The Kier molecular flexibility index (Phi) is 5.53. The fourth-order valence-corrected chi connectivity index (χ4v) is 2.73. The van der Waals surface area contributed by atoms with Crippen LogP contribution in [0.25, 0.3) is 0 Å². The normalized spacial score (nSPS) is 17.4. The number of amides is 1. The first-order valence-electron chi connectivity index (χ1n) is 7.55. The van der Waals surface area contributed by atoms with Gasteiger partial charge in [-0.2, -0.15) is 0 Å². The van der Waals surface area contributed by atoms with Crippen LogP contribution in [0.5, 0.6) is 0 Å². The smallest absolute Gasteiger partial charge is 0.252 e. The zero-order valence-electron chi connectivity index (χ0n) is 12.5. The average Bonchev–Trinajstić information content (AvgIpc) is 2.46. The van der Waals surface area contributed by atoms with Gasteiger partial charge in [0.1, 0.15) is 0 Å². The van der Waals surface area contributed by atoms with E-state index >= 15 is 0 Å². The topological polar surface area (TPSA) is 45.2 Å². The van der Waals surface area contributed by atoms with Crippen LogP contribution in [0.2, 0.25) is 0 Å². The molecule has 4 heteroatoms. The van der Waals surface area contributed by atoms with E-state index in [0.717, 1.165) is 25.6 Å². The van der Waals surface area contributed by atoms with Crippen LogP contribution in [0.4, 0.5) is 0 Å². The van der Waals surface area contributed by atoms with E-state index < -0.39 is 0 Å². The minimum absolute atomic E-state index is 0.0114. The highest BCUT2D eigenvalue weighted by atomic mass is 16.1. The molecule has 0 radical (unpaired) electrons. The second kappa shape index (κ2) is 7.39. The predicted molar refractivity (Wildman–Crippen MR) is 80.6 cm³/mol. The van der Waals surface area contributed by atoms with Gasteiger partial charge in [-0.1, -0.05) is 13.8 Å². The van der Waals surface area contributed by atoms with Crippen molar-refractivity contribution >= 4 is 5.91 Å². The average molecular weight is 275 g/mol. The van der Waals surface area contributed by atoms with Crippen LogP contribution in [-0.2, 0) is 0 Å². The van der Waals surface area contributed by atoms with Crippen molar-refractivity contribution in [3.8, 4) is 0 Å². The SMILES string of the molecule is CC(C)CN1CCC(CNC(=O)c2cccnc2)CC1. The van der Waals surface area contributed by atoms with Crippen molar-refractivity contribution in [2.45, 2.75) is 26.7 Å². The van der Waals surface area contributed by atoms with E-state index in [1.165, 1.54) is 19.4 Å². The molecule has 20 heavy (non-hydrogen) atoms. The van der Waals surface area contributed by atoms with Crippen molar-refractivity contribution in [1.82, 2.24) is 15.2 Å². The van der Waals surface area contributed by atoms with Gasteiger partial charge in [-0.25, -0.2) is 0 Å². The van der Waals surface area contributed by atoms with E-state index in [2.05, 4.69) is 29.0 Å². The first kappa shape index (κ1) is 15.0. The number of aromatic nitrogens is 1. The monoisotopic (exact) mass is 275 g/mol. The fourth-order valence-electron chi connectivity index (χ4n) is 2.73. The van der Waals surface area contributed by atoms with Crippen LogP contribution in [0.3, 0.4) is 0 Å². The largest absolute Gasteiger partial charge is 0.352 e. The van der Waals surface area contributed by atoms with Gasteiger partial charge < -0.3 is 10.2 Å². The Balaban J connectivity index is 1.70. The molecule has 2 rings (SSSR count). The number of nitrogens with one attached hydrogen (secondary N) is 1. The summed E-state index contributed by atoms with van der Waals surface area (Å²) in [6.45, 7) is 8.82. The molecule has 0 aliphatic carbocycles. The maximum Gasteiger partial charge on any atom is 0.252 e. The molecular formula is C16H25N3O. The summed E-state index contributed by atoms with van der Waals surface area (Å²) in [7, 11) is 0. The molecule has 0 aromatic carbocycles. The van der Waals surface area contributed by atoms with Crippen molar-refractivity contribution in [1.29, 1.82) is 0 Å². The Labute approximate surface area is 121 Å². The van der Waals surface area contributed by atoms with E-state index in [4.69, 9.17) is 0 Å². The molecule has 1 saturated heterocycles. The third-order valence-electron chi connectivity index (χ3n) is 3.81. The summed E-state index contributed by atoms with van der Waals surface area (Å²) >= 11 is 0. The Morgan fingerprint density at radius 3 is 2.80 bits per heavy atom. The maximum atomic E-state index is 11.9. The highest BCUT2D eigenvalue weighted by molar-refractivity contribution is 5.93. The highest BCUT2D eigenvalue weighted by Gasteiger charge is 2.20. The van der Waals surface area contributed by atoms with Crippen LogP contribution in [0.15, 0.2) is 24.5 Å². The van der Waals surface area contributed by atoms with E-state index in [1.807, 2.05) is 0 Å². The summed E-state index contributed by atoms with van der Waals surface area (Å²) in [5, 5.41) is 3.03. The molecule has 0 unspecified atom stereocenters. The van der Waals surface area contributed by atoms with Crippen molar-refractivity contribution < 1.29 is 4.79 Å². The molecule has 0 saturated carbocycles. The number of pyridine rings is 1. The predicted octanol–water partition coefficient (Wildman–Crippen LogP) is 2.18. The molecule has 0 atom stereocenters. The Hall–Kier alpha value is -1.42. The van der Waals surface area contributed by atoms with Gasteiger partial charge in [0.2, 0.25) is 0 Å². The lowest BCUT2D eigenvalue weighted by Crippen LogP contribution is -2.40. The number of carbonyl (C=O) groups is 1. The van der Waals surface area contributed by atoms with Gasteiger partial charge in [-0.05, 0) is 49.9 Å². The van der Waals surface area contributed by atoms with Crippen molar-refractivity contribution in [2.24, 2.45) is 11.8 Å². The number of carbonyl (C=O) groups excluding carboxylic acids is 1. The third-order valence-corrected chi connectivity index (χ3v) is 3.81. The Morgan fingerprint density at radius 1 is 1.45 bits per heavy atom. The summed E-state index contributed by atoms with van der Waals surface area (Å²) in [6, 6.07) is 3.59. The van der Waals surface area contributed by atoms with E-state index in [9.17, 15) is 4.79 Å². The summed E-state index contributed by atoms with van der Waals surface area (Å²) < 4.78 is 0. The fraction of sp³-hybridized carbons (Fsp3) is 0.625. The maximum absolute atomic E-state index is 11.9. The highest BCUT2D eigenvalue weighted by Crippen LogP contribution is 2.17. The number of hydrogen-bond donors (Lipinski definition) is 1. The first-order valence-corrected chi connectivity index (χ1v) is 7.55. The van der Waals surface area contributed by atoms with Crippen molar-refractivity contribution in [3.63, 3.8) is 0 Å². The van der Waals surface area contributed by atoms with E-state index in [-0.39, 0.29) is 5.91 Å². The van der Waals surface area contributed by atoms with Gasteiger partial charge >= 0.3 is 0 Å². The quantitative estimate of drug-likeness (QED) is 0.896.